The summed E-state index contributed by atoms with van der Waals surface area (Å²) in [7, 11) is 0. The second-order valence-corrected chi connectivity index (χ2v) is 12.9. The zero-order valence-electron chi connectivity index (χ0n) is 22.4. The number of thiazole rings is 1. The number of β-amino-alcohol motifs (C(OH)–C–C–N with tert-alkyl or cyclic N) is 1. The van der Waals surface area contributed by atoms with E-state index in [1.54, 1.807) is 11.3 Å². The van der Waals surface area contributed by atoms with E-state index in [4.69, 9.17) is 0 Å². The van der Waals surface area contributed by atoms with Gasteiger partial charge in [0.2, 0.25) is 17.7 Å². The van der Waals surface area contributed by atoms with Gasteiger partial charge in [-0.2, -0.15) is 5.26 Å². The van der Waals surface area contributed by atoms with Crippen LogP contribution in [0.3, 0.4) is 0 Å². The summed E-state index contributed by atoms with van der Waals surface area (Å²) in [4.78, 5) is 46.7. The highest BCUT2D eigenvalue weighted by atomic mass is 127. The summed E-state index contributed by atoms with van der Waals surface area (Å²) in [6.07, 6.45) is 1.74. The number of nitrogens with zero attached hydrogens (tertiary/aromatic N) is 3. The molecule has 2 fully saturated rings. The van der Waals surface area contributed by atoms with E-state index in [1.165, 1.54) is 4.90 Å². The Balaban J connectivity index is 1.45. The van der Waals surface area contributed by atoms with Crippen LogP contribution in [-0.2, 0) is 20.9 Å². The number of alkyl halides is 1. The van der Waals surface area contributed by atoms with E-state index in [9.17, 15) is 24.8 Å². The van der Waals surface area contributed by atoms with Crippen molar-refractivity contribution >= 4 is 51.6 Å². The molecule has 2 aromatic rings. The van der Waals surface area contributed by atoms with Crippen LogP contribution in [0, 0.1) is 30.6 Å². The molecule has 1 aliphatic heterocycles. The second-order valence-electron chi connectivity index (χ2n) is 10.5. The molecule has 2 aliphatic rings. The predicted octanol–water partition coefficient (Wildman–Crippen LogP) is 3.40. The maximum Gasteiger partial charge on any atom is 0.247 e. The summed E-state index contributed by atoms with van der Waals surface area (Å²) in [5, 5.41) is 25.6. The van der Waals surface area contributed by atoms with Crippen LogP contribution in [0.1, 0.15) is 55.8 Å². The summed E-state index contributed by atoms with van der Waals surface area (Å²) < 4.78 is -0.219. The number of carbonyl (C=O) groups excluding carboxylic acids is 3. The number of hydrogen-bond acceptors (Lipinski definition) is 7. The summed E-state index contributed by atoms with van der Waals surface area (Å²) in [6, 6.07) is 6.42. The van der Waals surface area contributed by atoms with E-state index < -0.39 is 35.4 Å². The molecule has 1 aliphatic carbocycles. The number of likely N-dealkylation sites (tertiary alicyclic amines) is 1. The minimum atomic E-state index is -1.06. The number of aryl methyl sites for hydroxylation is 2. The van der Waals surface area contributed by atoms with E-state index in [0.29, 0.717) is 19.3 Å². The van der Waals surface area contributed by atoms with Gasteiger partial charge in [-0.05, 0) is 49.8 Å². The fourth-order valence-electron chi connectivity index (χ4n) is 4.94. The molecule has 208 valence electrons. The quantitative estimate of drug-likeness (QED) is 0.264. The molecule has 11 heteroatoms. The number of amides is 3. The van der Waals surface area contributed by atoms with Crippen molar-refractivity contribution in [2.75, 3.05) is 6.54 Å². The summed E-state index contributed by atoms with van der Waals surface area (Å²) in [5.74, 6) is -1.18. The van der Waals surface area contributed by atoms with Crippen molar-refractivity contribution in [3.05, 3.63) is 40.5 Å². The van der Waals surface area contributed by atoms with Crippen molar-refractivity contribution in [3.8, 4) is 16.5 Å². The molecular formula is C28H34IN5O4S. The van der Waals surface area contributed by atoms with Crippen LogP contribution in [-0.4, -0.2) is 61.4 Å². The SMILES string of the molecule is CCCC(I)C(NC(=O)C1(C#N)CC1)C(=O)N1CC(O)CC1C(=O)NCc1ccc(-c2scnc2C)cc1C. The highest BCUT2D eigenvalue weighted by Gasteiger charge is 2.52. The largest absolute Gasteiger partial charge is 0.391 e. The van der Waals surface area contributed by atoms with Gasteiger partial charge in [-0.1, -0.05) is 54.1 Å². The minimum Gasteiger partial charge on any atom is -0.391 e. The van der Waals surface area contributed by atoms with Gasteiger partial charge in [0.05, 0.1) is 28.3 Å². The number of aliphatic hydroxyl groups excluding tert-OH is 1. The Morgan fingerprint density at radius 2 is 2.08 bits per heavy atom. The molecule has 3 amide bonds. The van der Waals surface area contributed by atoms with E-state index >= 15 is 0 Å². The molecule has 0 radical (unpaired) electrons. The number of hydrogen-bond donors (Lipinski definition) is 3. The summed E-state index contributed by atoms with van der Waals surface area (Å²) in [6.45, 7) is 6.27. The molecule has 9 nitrogen and oxygen atoms in total. The van der Waals surface area contributed by atoms with Gasteiger partial charge in [-0.15, -0.1) is 11.3 Å². The highest BCUT2D eigenvalue weighted by Crippen LogP contribution is 2.45. The van der Waals surface area contributed by atoms with Gasteiger partial charge in [-0.25, -0.2) is 4.98 Å². The highest BCUT2D eigenvalue weighted by molar-refractivity contribution is 14.1. The van der Waals surface area contributed by atoms with E-state index in [1.807, 2.05) is 38.4 Å². The molecular weight excluding hydrogens is 629 g/mol. The third kappa shape index (κ3) is 6.44. The molecule has 1 saturated carbocycles. The third-order valence-corrected chi connectivity index (χ3v) is 9.87. The van der Waals surface area contributed by atoms with Crippen molar-refractivity contribution in [3.63, 3.8) is 0 Å². The fraction of sp³-hybridized carbons (Fsp3) is 0.536. The first-order valence-corrected chi connectivity index (χ1v) is 15.3. The van der Waals surface area contributed by atoms with Crippen molar-refractivity contribution in [1.29, 1.82) is 5.26 Å². The van der Waals surface area contributed by atoms with E-state index in [0.717, 1.165) is 33.7 Å². The Morgan fingerprint density at radius 1 is 1.33 bits per heavy atom. The maximum absolute atomic E-state index is 13.7. The van der Waals surface area contributed by atoms with Crippen molar-refractivity contribution in [2.24, 2.45) is 5.41 Å². The van der Waals surface area contributed by atoms with E-state index in [2.05, 4.69) is 50.3 Å². The Morgan fingerprint density at radius 3 is 2.67 bits per heavy atom. The van der Waals surface area contributed by atoms with Crippen LogP contribution in [0.25, 0.3) is 10.4 Å². The molecule has 3 N–H and O–H groups in total. The minimum absolute atomic E-state index is 0.0179. The molecule has 39 heavy (non-hydrogen) atoms. The van der Waals surface area contributed by atoms with Crippen LogP contribution in [0.5, 0.6) is 0 Å². The lowest BCUT2D eigenvalue weighted by Crippen LogP contribution is -2.57. The molecule has 1 aromatic heterocycles. The number of rotatable bonds is 10. The third-order valence-electron chi connectivity index (χ3n) is 7.55. The fourth-order valence-corrected chi connectivity index (χ4v) is 6.86. The van der Waals surface area contributed by atoms with Gasteiger partial charge in [0.15, 0.2) is 0 Å². The number of halogens is 1. The van der Waals surface area contributed by atoms with E-state index in [-0.39, 0.29) is 29.3 Å². The van der Waals surface area contributed by atoms with Gasteiger partial charge in [0, 0.05) is 23.4 Å². The predicted molar refractivity (Wildman–Crippen MR) is 157 cm³/mol. The first-order valence-electron chi connectivity index (χ1n) is 13.2. The number of aromatic nitrogens is 1. The Kier molecular flexibility index (Phi) is 9.29. The Hall–Kier alpha value is -2.56. The average molecular weight is 664 g/mol. The van der Waals surface area contributed by atoms with Crippen molar-refractivity contribution < 1.29 is 19.5 Å². The lowest BCUT2D eigenvalue weighted by molar-refractivity contribution is -0.141. The number of nitrogens with one attached hydrogen (secondary N) is 2. The molecule has 4 atom stereocenters. The molecule has 0 bridgehead atoms. The number of aliphatic hydroxyl groups is 1. The van der Waals surface area contributed by atoms with Crippen molar-refractivity contribution in [2.45, 2.75) is 81.5 Å². The lowest BCUT2D eigenvalue weighted by Gasteiger charge is -2.31. The van der Waals surface area contributed by atoms with Crippen LogP contribution in [0.15, 0.2) is 23.7 Å². The van der Waals surface area contributed by atoms with Gasteiger partial charge in [0.1, 0.15) is 17.5 Å². The summed E-state index contributed by atoms with van der Waals surface area (Å²) >= 11 is 3.74. The lowest BCUT2D eigenvalue weighted by atomic mass is 10.0. The topological polar surface area (TPSA) is 135 Å². The van der Waals surface area contributed by atoms with Gasteiger partial charge >= 0.3 is 0 Å². The van der Waals surface area contributed by atoms with Crippen LogP contribution >= 0.6 is 33.9 Å². The Bertz CT molecular complexity index is 1290. The van der Waals surface area contributed by atoms with Gasteiger partial charge in [-0.3, -0.25) is 14.4 Å². The average Bonchev–Trinajstić information content (AvgIpc) is 3.45. The zero-order chi connectivity index (χ0) is 28.3. The van der Waals surface area contributed by atoms with Gasteiger partial charge < -0.3 is 20.6 Å². The van der Waals surface area contributed by atoms with Crippen molar-refractivity contribution in [1.82, 2.24) is 20.5 Å². The molecule has 4 rings (SSSR count). The number of nitriles is 1. The smallest absolute Gasteiger partial charge is 0.247 e. The normalized spacial score (nSPS) is 21.1. The summed E-state index contributed by atoms with van der Waals surface area (Å²) in [5.41, 5.74) is 4.81. The molecule has 2 heterocycles. The number of benzene rings is 1. The second kappa shape index (κ2) is 12.3. The molecule has 4 unspecified atom stereocenters. The van der Waals surface area contributed by atoms with Gasteiger partial charge in [0.25, 0.3) is 0 Å². The maximum atomic E-state index is 13.7. The molecule has 1 saturated heterocycles. The first-order chi connectivity index (χ1) is 18.6. The zero-order valence-corrected chi connectivity index (χ0v) is 25.3. The Labute approximate surface area is 246 Å². The van der Waals surface area contributed by atoms with Crippen LogP contribution in [0.4, 0.5) is 0 Å². The monoisotopic (exact) mass is 663 g/mol. The molecule has 1 aromatic carbocycles. The number of carbonyl (C=O) groups is 3. The van der Waals surface area contributed by atoms with Crippen LogP contribution in [0.2, 0.25) is 0 Å². The first kappa shape index (κ1) is 29.4. The molecule has 0 spiro atoms. The van der Waals surface area contributed by atoms with Crippen LogP contribution < -0.4 is 10.6 Å². The standard InChI is InChI=1S/C28H34IN5O4S/c1-4-5-21(29)23(33-27(38)28(14-30)8-9-28)26(37)34-13-20(35)11-22(34)25(36)31-12-19-7-6-18(10-16(19)2)24-17(3)32-15-39-24/h6-7,10,15,20-23,35H,4-5,8-9,11-13H2,1-3H3,(H,31,36)(H,33,38).